The molecule has 0 saturated heterocycles. The smallest absolute Gasteiger partial charge is 0.0704 e. The van der Waals surface area contributed by atoms with Gasteiger partial charge in [-0.05, 0) is 42.5 Å². The van der Waals surface area contributed by atoms with E-state index in [9.17, 15) is 0 Å². The molecule has 0 fully saturated rings. The van der Waals surface area contributed by atoms with Crippen LogP contribution >= 0.6 is 0 Å². The van der Waals surface area contributed by atoms with Gasteiger partial charge in [0.1, 0.15) is 0 Å². The molecule has 3 rings (SSSR count). The summed E-state index contributed by atoms with van der Waals surface area (Å²) in [5, 5.41) is 1.36. The van der Waals surface area contributed by atoms with Gasteiger partial charge in [-0.15, -0.1) is 0 Å². The van der Waals surface area contributed by atoms with Gasteiger partial charge in [-0.25, -0.2) is 0 Å². The zero-order valence-electron chi connectivity index (χ0n) is 7.46. The number of pyridine rings is 1. The van der Waals surface area contributed by atoms with Crippen LogP contribution in [0.2, 0.25) is 0 Å². The maximum atomic E-state index is 4.36. The largest absolute Gasteiger partial charge is 0.256 e. The van der Waals surface area contributed by atoms with Crippen molar-refractivity contribution in [2.45, 2.75) is 19.3 Å². The standard InChI is InChI=1S/C12H11N/c1-3-9-6-7-12-11(10(9)4-1)5-2-8-13-12/h2,5-8H,1,3-4H2. The number of fused-ring (bicyclic) bond motifs is 3. The quantitative estimate of drug-likeness (QED) is 0.591. The second kappa shape index (κ2) is 2.56. The summed E-state index contributed by atoms with van der Waals surface area (Å²) in [5.74, 6) is 0. The topological polar surface area (TPSA) is 12.9 Å². The van der Waals surface area contributed by atoms with Gasteiger partial charge in [-0.1, -0.05) is 12.1 Å². The van der Waals surface area contributed by atoms with E-state index in [1.54, 1.807) is 0 Å². The van der Waals surface area contributed by atoms with Crippen LogP contribution in [0.3, 0.4) is 0 Å². The molecule has 1 heterocycles. The molecule has 13 heavy (non-hydrogen) atoms. The summed E-state index contributed by atoms with van der Waals surface area (Å²) >= 11 is 0. The monoisotopic (exact) mass is 169 g/mol. The van der Waals surface area contributed by atoms with Crippen molar-refractivity contribution >= 4 is 10.9 Å². The minimum Gasteiger partial charge on any atom is -0.256 e. The lowest BCUT2D eigenvalue weighted by atomic mass is 10.0. The van der Waals surface area contributed by atoms with E-state index in [1.807, 2.05) is 12.3 Å². The van der Waals surface area contributed by atoms with Gasteiger partial charge in [-0.3, -0.25) is 4.98 Å². The van der Waals surface area contributed by atoms with Crippen LogP contribution in [0.4, 0.5) is 0 Å². The highest BCUT2D eigenvalue weighted by Crippen LogP contribution is 2.28. The lowest BCUT2D eigenvalue weighted by Gasteiger charge is -2.03. The number of aromatic nitrogens is 1. The molecule has 0 bridgehead atoms. The summed E-state index contributed by atoms with van der Waals surface area (Å²) in [7, 11) is 0. The number of nitrogens with zero attached hydrogens (tertiary/aromatic N) is 1. The van der Waals surface area contributed by atoms with E-state index in [4.69, 9.17) is 0 Å². The molecular weight excluding hydrogens is 158 g/mol. The van der Waals surface area contributed by atoms with E-state index in [0.29, 0.717) is 0 Å². The summed E-state index contributed by atoms with van der Waals surface area (Å²) in [6.45, 7) is 0. The Morgan fingerprint density at radius 3 is 3.08 bits per heavy atom. The van der Waals surface area contributed by atoms with E-state index in [-0.39, 0.29) is 0 Å². The number of rotatable bonds is 0. The van der Waals surface area contributed by atoms with Crippen molar-refractivity contribution in [3.05, 3.63) is 41.6 Å². The van der Waals surface area contributed by atoms with Gasteiger partial charge in [-0.2, -0.15) is 0 Å². The Balaban J connectivity index is 2.43. The molecule has 2 aromatic rings. The SMILES string of the molecule is c1cnc2ccc3c(c2c1)CCC3. The van der Waals surface area contributed by atoms with Gasteiger partial charge >= 0.3 is 0 Å². The Hall–Kier alpha value is -1.37. The van der Waals surface area contributed by atoms with Gasteiger partial charge in [0.15, 0.2) is 0 Å². The first-order valence-electron chi connectivity index (χ1n) is 4.80. The maximum absolute atomic E-state index is 4.36. The molecule has 0 N–H and O–H groups in total. The molecule has 0 atom stereocenters. The second-order valence-electron chi connectivity index (χ2n) is 3.63. The summed E-state index contributed by atoms with van der Waals surface area (Å²) in [6, 6.07) is 8.59. The van der Waals surface area contributed by atoms with Crippen molar-refractivity contribution in [1.82, 2.24) is 4.98 Å². The normalized spacial score (nSPS) is 14.8. The van der Waals surface area contributed by atoms with Crippen LogP contribution in [0.25, 0.3) is 10.9 Å². The highest BCUT2D eigenvalue weighted by atomic mass is 14.6. The lowest BCUT2D eigenvalue weighted by molar-refractivity contribution is 0.913. The highest BCUT2D eigenvalue weighted by molar-refractivity contribution is 5.83. The molecule has 0 unspecified atom stereocenters. The summed E-state index contributed by atoms with van der Waals surface area (Å²) in [4.78, 5) is 4.36. The third-order valence-corrected chi connectivity index (χ3v) is 2.87. The molecule has 1 aliphatic rings. The van der Waals surface area contributed by atoms with Gasteiger partial charge in [0, 0.05) is 11.6 Å². The minimum absolute atomic E-state index is 1.14. The third-order valence-electron chi connectivity index (χ3n) is 2.87. The Morgan fingerprint density at radius 1 is 1.08 bits per heavy atom. The molecule has 0 spiro atoms. The number of hydrogen-bond acceptors (Lipinski definition) is 1. The molecule has 64 valence electrons. The van der Waals surface area contributed by atoms with Crippen LogP contribution in [0.1, 0.15) is 17.5 Å². The van der Waals surface area contributed by atoms with E-state index in [0.717, 1.165) is 5.52 Å². The van der Waals surface area contributed by atoms with E-state index in [1.165, 1.54) is 35.8 Å². The molecule has 1 nitrogen and oxygen atoms in total. The van der Waals surface area contributed by atoms with Gasteiger partial charge in [0.05, 0.1) is 5.52 Å². The van der Waals surface area contributed by atoms with Crippen LogP contribution in [0, 0.1) is 0 Å². The van der Waals surface area contributed by atoms with Crippen molar-refractivity contribution in [1.29, 1.82) is 0 Å². The van der Waals surface area contributed by atoms with Crippen molar-refractivity contribution in [2.24, 2.45) is 0 Å². The number of hydrogen-bond donors (Lipinski definition) is 0. The predicted octanol–water partition coefficient (Wildman–Crippen LogP) is 2.72. The zero-order valence-corrected chi connectivity index (χ0v) is 7.46. The lowest BCUT2D eigenvalue weighted by Crippen LogP contribution is -1.86. The average molecular weight is 169 g/mol. The molecule has 1 heteroatoms. The molecule has 1 aromatic carbocycles. The van der Waals surface area contributed by atoms with Crippen molar-refractivity contribution in [2.75, 3.05) is 0 Å². The first-order chi connectivity index (χ1) is 6.45. The fourth-order valence-corrected chi connectivity index (χ4v) is 2.24. The average Bonchev–Trinajstić information content (AvgIpc) is 2.65. The first kappa shape index (κ1) is 7.07. The molecule has 1 aliphatic carbocycles. The molecule has 0 amide bonds. The number of benzene rings is 1. The fourth-order valence-electron chi connectivity index (χ4n) is 2.24. The molecule has 0 saturated carbocycles. The molecule has 0 radical (unpaired) electrons. The zero-order chi connectivity index (χ0) is 8.67. The minimum atomic E-state index is 1.14. The second-order valence-corrected chi connectivity index (χ2v) is 3.63. The van der Waals surface area contributed by atoms with Gasteiger partial charge in [0.25, 0.3) is 0 Å². The predicted molar refractivity (Wildman–Crippen MR) is 53.8 cm³/mol. The van der Waals surface area contributed by atoms with E-state index >= 15 is 0 Å². The fraction of sp³-hybridized carbons (Fsp3) is 0.250. The van der Waals surface area contributed by atoms with E-state index in [2.05, 4.69) is 23.2 Å². The van der Waals surface area contributed by atoms with Gasteiger partial charge < -0.3 is 0 Å². The Bertz CT molecular complexity index is 460. The van der Waals surface area contributed by atoms with Crippen molar-refractivity contribution in [3.63, 3.8) is 0 Å². The Kier molecular flexibility index (Phi) is 1.39. The number of aryl methyl sites for hydroxylation is 2. The molecule has 1 aromatic heterocycles. The first-order valence-corrected chi connectivity index (χ1v) is 4.80. The summed E-state index contributed by atoms with van der Waals surface area (Å²) < 4.78 is 0. The van der Waals surface area contributed by atoms with Crippen molar-refractivity contribution < 1.29 is 0 Å². The van der Waals surface area contributed by atoms with Crippen molar-refractivity contribution in [3.8, 4) is 0 Å². The van der Waals surface area contributed by atoms with Crippen LogP contribution in [-0.2, 0) is 12.8 Å². The third kappa shape index (κ3) is 0.966. The molecule has 0 aliphatic heterocycles. The summed E-state index contributed by atoms with van der Waals surface area (Å²) in [6.07, 6.45) is 5.66. The maximum Gasteiger partial charge on any atom is 0.0704 e. The van der Waals surface area contributed by atoms with Gasteiger partial charge in [0.2, 0.25) is 0 Å². The Labute approximate surface area is 77.4 Å². The highest BCUT2D eigenvalue weighted by Gasteiger charge is 2.13. The van der Waals surface area contributed by atoms with Crippen LogP contribution in [0.5, 0.6) is 0 Å². The Morgan fingerprint density at radius 2 is 2.08 bits per heavy atom. The summed E-state index contributed by atoms with van der Waals surface area (Å²) in [5.41, 5.74) is 4.20. The molecular formula is C12H11N. The van der Waals surface area contributed by atoms with Crippen LogP contribution < -0.4 is 0 Å². The van der Waals surface area contributed by atoms with Crippen LogP contribution in [-0.4, -0.2) is 4.98 Å². The van der Waals surface area contributed by atoms with E-state index < -0.39 is 0 Å². The van der Waals surface area contributed by atoms with Crippen LogP contribution in [0.15, 0.2) is 30.5 Å².